The Morgan fingerprint density at radius 1 is 1.21 bits per heavy atom. The first-order valence-corrected chi connectivity index (χ1v) is 11.0. The first kappa shape index (κ1) is 19.7. The van der Waals surface area contributed by atoms with Gasteiger partial charge in [0.05, 0.1) is 5.69 Å². The number of piperidine rings is 1. The molecule has 2 bridgehead atoms. The summed E-state index contributed by atoms with van der Waals surface area (Å²) in [5.74, 6) is 1.39. The van der Waals surface area contributed by atoms with Crippen molar-refractivity contribution < 1.29 is 13.9 Å². The molecule has 3 unspecified atom stereocenters. The first-order chi connectivity index (χ1) is 13.5. The van der Waals surface area contributed by atoms with E-state index in [0.29, 0.717) is 23.9 Å². The second kappa shape index (κ2) is 8.40. The molecule has 1 aromatic rings. The minimum absolute atomic E-state index is 0.00273. The molecule has 3 aliphatic rings. The molecule has 1 aromatic carbocycles. The summed E-state index contributed by atoms with van der Waals surface area (Å²) < 4.78 is 18.9. The molecule has 4 atom stereocenters. The number of halogens is 1. The van der Waals surface area contributed by atoms with Crippen molar-refractivity contribution in [2.24, 2.45) is 11.8 Å². The molecule has 1 amide bonds. The van der Waals surface area contributed by atoms with Crippen LogP contribution in [0, 0.1) is 17.7 Å². The van der Waals surface area contributed by atoms with Gasteiger partial charge in [0, 0.05) is 31.2 Å². The summed E-state index contributed by atoms with van der Waals surface area (Å²) in [7, 11) is 0. The molecular weight excluding hydrogens is 355 g/mol. The molecule has 3 heterocycles. The number of nitrogens with zero attached hydrogens (tertiary/aromatic N) is 2. The van der Waals surface area contributed by atoms with Crippen LogP contribution in [0.1, 0.15) is 58.8 Å². The molecule has 0 radical (unpaired) electrons. The highest BCUT2D eigenvalue weighted by Crippen LogP contribution is 2.41. The summed E-state index contributed by atoms with van der Waals surface area (Å²) in [6.07, 6.45) is 9.41. The topological polar surface area (TPSA) is 32.8 Å². The Morgan fingerprint density at radius 2 is 1.96 bits per heavy atom. The number of fused-ring (bicyclic) bond motifs is 3. The highest BCUT2D eigenvalue weighted by molar-refractivity contribution is 5.97. The lowest BCUT2D eigenvalue weighted by Gasteiger charge is -2.41. The lowest BCUT2D eigenvalue weighted by Crippen LogP contribution is -2.48. The zero-order valence-corrected chi connectivity index (χ0v) is 17.2. The number of benzene rings is 1. The smallest absolute Gasteiger partial charge is 0.265 e. The number of carbonyl (C=O) groups excluding carboxylic acids is 1. The number of amides is 1. The average molecular weight is 389 g/mol. The van der Waals surface area contributed by atoms with Crippen molar-refractivity contribution in [2.45, 2.75) is 70.9 Å². The van der Waals surface area contributed by atoms with E-state index in [1.165, 1.54) is 57.1 Å². The normalized spacial score (nSPS) is 28.2. The van der Waals surface area contributed by atoms with Gasteiger partial charge in [0.15, 0.2) is 6.61 Å². The molecule has 28 heavy (non-hydrogen) atoms. The maximum atomic E-state index is 13.5. The molecule has 0 spiro atoms. The molecule has 0 N–H and O–H groups in total. The Kier molecular flexibility index (Phi) is 5.91. The Balaban J connectivity index is 1.38. The number of rotatable bonds is 7. The van der Waals surface area contributed by atoms with Gasteiger partial charge < -0.3 is 9.64 Å². The number of carbonyl (C=O) groups is 1. The maximum Gasteiger partial charge on any atom is 0.265 e. The second-order valence-electron chi connectivity index (χ2n) is 9.07. The molecule has 5 heteroatoms. The van der Waals surface area contributed by atoms with Crippen molar-refractivity contribution in [3.05, 3.63) is 24.0 Å². The summed E-state index contributed by atoms with van der Waals surface area (Å²) in [6.45, 7) is 6.21. The van der Waals surface area contributed by atoms with E-state index in [1.54, 1.807) is 11.0 Å². The number of hydrogen-bond donors (Lipinski definition) is 0. The molecule has 2 fully saturated rings. The van der Waals surface area contributed by atoms with Gasteiger partial charge in [0.2, 0.25) is 0 Å². The molecule has 0 aliphatic carbocycles. The van der Waals surface area contributed by atoms with E-state index in [2.05, 4.69) is 18.7 Å². The van der Waals surface area contributed by atoms with Crippen molar-refractivity contribution in [3.63, 3.8) is 0 Å². The van der Waals surface area contributed by atoms with Gasteiger partial charge in [-0.3, -0.25) is 9.69 Å². The molecule has 154 valence electrons. The zero-order chi connectivity index (χ0) is 19.7. The Hall–Kier alpha value is -1.62. The highest BCUT2D eigenvalue weighted by Gasteiger charge is 2.41. The molecular formula is C23H33FN2O2. The third-order valence-electron chi connectivity index (χ3n) is 6.83. The molecule has 3 aliphatic heterocycles. The molecule has 2 saturated heterocycles. The van der Waals surface area contributed by atoms with E-state index in [1.807, 2.05) is 0 Å². The van der Waals surface area contributed by atoms with Gasteiger partial charge >= 0.3 is 0 Å². The van der Waals surface area contributed by atoms with Crippen LogP contribution in [-0.2, 0) is 4.79 Å². The van der Waals surface area contributed by atoms with E-state index in [4.69, 9.17) is 4.74 Å². The minimum atomic E-state index is -0.330. The number of unbranched alkanes of at least 4 members (excludes halogenated alkanes) is 1. The monoisotopic (exact) mass is 388 g/mol. The van der Waals surface area contributed by atoms with Gasteiger partial charge in [0.1, 0.15) is 11.6 Å². The van der Waals surface area contributed by atoms with Gasteiger partial charge in [-0.15, -0.1) is 0 Å². The molecule has 4 rings (SSSR count). The average Bonchev–Trinajstić information content (AvgIpc) is 2.90. The van der Waals surface area contributed by atoms with E-state index in [-0.39, 0.29) is 18.3 Å². The maximum absolute atomic E-state index is 13.5. The third kappa shape index (κ3) is 4.05. The predicted molar refractivity (Wildman–Crippen MR) is 109 cm³/mol. The van der Waals surface area contributed by atoms with Gasteiger partial charge in [-0.2, -0.15) is 0 Å². The quantitative estimate of drug-likeness (QED) is 0.683. The minimum Gasteiger partial charge on any atom is -0.481 e. The van der Waals surface area contributed by atoms with Crippen molar-refractivity contribution in [1.82, 2.24) is 4.90 Å². The fourth-order valence-corrected chi connectivity index (χ4v) is 5.52. The fraction of sp³-hybridized carbons (Fsp3) is 0.696. The van der Waals surface area contributed by atoms with Crippen LogP contribution in [0.3, 0.4) is 0 Å². The molecule has 0 aromatic heterocycles. The van der Waals surface area contributed by atoms with E-state index in [9.17, 15) is 9.18 Å². The number of ether oxygens (including phenoxy) is 1. The van der Waals surface area contributed by atoms with E-state index in [0.717, 1.165) is 24.5 Å². The van der Waals surface area contributed by atoms with Gasteiger partial charge in [-0.1, -0.05) is 33.1 Å². The SMILES string of the molecule is CCCCC1CC2CC[C@H](C1)N2CC(C)CN1C(=O)COc2cc(F)ccc21. The summed E-state index contributed by atoms with van der Waals surface area (Å²) in [4.78, 5) is 17.0. The Bertz CT molecular complexity index is 696. The molecule has 4 nitrogen and oxygen atoms in total. The Labute approximate surface area is 168 Å². The van der Waals surface area contributed by atoms with Crippen LogP contribution in [0.2, 0.25) is 0 Å². The lowest BCUT2D eigenvalue weighted by molar-refractivity contribution is -0.121. The van der Waals surface area contributed by atoms with Crippen molar-refractivity contribution >= 4 is 11.6 Å². The number of hydrogen-bond acceptors (Lipinski definition) is 3. The number of anilines is 1. The Morgan fingerprint density at radius 3 is 2.68 bits per heavy atom. The van der Waals surface area contributed by atoms with Crippen molar-refractivity contribution in [3.8, 4) is 5.75 Å². The molecule has 0 saturated carbocycles. The lowest BCUT2D eigenvalue weighted by atomic mass is 9.86. The van der Waals surface area contributed by atoms with Gasteiger partial charge in [-0.25, -0.2) is 4.39 Å². The van der Waals surface area contributed by atoms with E-state index < -0.39 is 0 Å². The van der Waals surface area contributed by atoms with Gasteiger partial charge in [-0.05, 0) is 49.7 Å². The second-order valence-corrected chi connectivity index (χ2v) is 9.07. The standard InChI is InChI=1S/C23H33FN2O2/c1-3-4-5-17-10-19-7-8-20(11-17)25(19)13-16(2)14-26-21-9-6-18(24)12-22(21)28-15-23(26)27/h6,9,12,16-17,19-20H,3-5,7-8,10-11,13-15H2,1-2H3/t16?,17?,19-,20?/m1/s1. The highest BCUT2D eigenvalue weighted by atomic mass is 19.1. The van der Waals surface area contributed by atoms with Crippen molar-refractivity contribution in [2.75, 3.05) is 24.6 Å². The zero-order valence-electron chi connectivity index (χ0n) is 17.2. The van der Waals surface area contributed by atoms with Crippen LogP contribution in [0.25, 0.3) is 0 Å². The van der Waals surface area contributed by atoms with Crippen LogP contribution >= 0.6 is 0 Å². The van der Waals surface area contributed by atoms with Gasteiger partial charge in [0.25, 0.3) is 5.91 Å². The largest absolute Gasteiger partial charge is 0.481 e. The van der Waals surface area contributed by atoms with Crippen LogP contribution in [0.4, 0.5) is 10.1 Å². The van der Waals surface area contributed by atoms with Crippen LogP contribution in [0.15, 0.2) is 18.2 Å². The fourth-order valence-electron chi connectivity index (χ4n) is 5.52. The van der Waals surface area contributed by atoms with Crippen LogP contribution < -0.4 is 9.64 Å². The third-order valence-corrected chi connectivity index (χ3v) is 6.83. The predicted octanol–water partition coefficient (Wildman–Crippen LogP) is 4.62. The first-order valence-electron chi connectivity index (χ1n) is 11.0. The summed E-state index contributed by atoms with van der Waals surface area (Å²) >= 11 is 0. The van der Waals surface area contributed by atoms with E-state index >= 15 is 0 Å². The summed E-state index contributed by atoms with van der Waals surface area (Å²) in [5.41, 5.74) is 0.700. The van der Waals surface area contributed by atoms with Crippen LogP contribution in [0.5, 0.6) is 5.75 Å². The summed E-state index contributed by atoms with van der Waals surface area (Å²) in [6, 6.07) is 5.90. The van der Waals surface area contributed by atoms with Crippen LogP contribution in [-0.4, -0.2) is 42.6 Å². The summed E-state index contributed by atoms with van der Waals surface area (Å²) in [5, 5.41) is 0. The van der Waals surface area contributed by atoms with Crippen molar-refractivity contribution in [1.29, 1.82) is 0 Å².